The molecule has 0 aliphatic rings. The maximum absolute atomic E-state index is 11.3. The molecule has 0 spiro atoms. The SMILES string of the molecule is CCCCN(C)[C@H](C(=O)O)c1ccccc1. The average molecular weight is 221 g/mol. The lowest BCUT2D eigenvalue weighted by molar-refractivity contribution is -0.143. The summed E-state index contributed by atoms with van der Waals surface area (Å²) in [6.45, 7) is 2.91. The van der Waals surface area contributed by atoms with E-state index in [2.05, 4.69) is 6.92 Å². The van der Waals surface area contributed by atoms with Crippen molar-refractivity contribution in [2.75, 3.05) is 13.6 Å². The number of nitrogens with zero attached hydrogens (tertiary/aromatic N) is 1. The van der Waals surface area contributed by atoms with Crippen molar-refractivity contribution in [1.29, 1.82) is 0 Å². The second-order valence-electron chi connectivity index (χ2n) is 3.99. The van der Waals surface area contributed by atoms with Crippen LogP contribution >= 0.6 is 0 Å². The van der Waals surface area contributed by atoms with Crippen molar-refractivity contribution in [3.63, 3.8) is 0 Å². The van der Waals surface area contributed by atoms with Crippen LogP contribution in [-0.4, -0.2) is 29.6 Å². The number of likely N-dealkylation sites (N-methyl/N-ethyl adjacent to an activating group) is 1. The minimum absolute atomic E-state index is 0.534. The average Bonchev–Trinajstić information content (AvgIpc) is 2.27. The van der Waals surface area contributed by atoms with Gasteiger partial charge < -0.3 is 5.11 Å². The minimum atomic E-state index is -0.787. The molecule has 3 heteroatoms. The first-order chi connectivity index (χ1) is 7.66. The van der Waals surface area contributed by atoms with E-state index in [-0.39, 0.29) is 0 Å². The summed E-state index contributed by atoms with van der Waals surface area (Å²) < 4.78 is 0. The molecule has 16 heavy (non-hydrogen) atoms. The van der Waals surface area contributed by atoms with Crippen molar-refractivity contribution in [2.45, 2.75) is 25.8 Å². The summed E-state index contributed by atoms with van der Waals surface area (Å²) in [5.74, 6) is -0.787. The van der Waals surface area contributed by atoms with E-state index in [1.807, 2.05) is 42.3 Å². The Bertz CT molecular complexity index is 324. The van der Waals surface area contributed by atoms with Crippen LogP contribution in [0.5, 0.6) is 0 Å². The van der Waals surface area contributed by atoms with Crippen LogP contribution in [-0.2, 0) is 4.79 Å². The Kier molecular flexibility index (Phi) is 4.99. The zero-order valence-electron chi connectivity index (χ0n) is 9.89. The molecule has 1 atom stereocenters. The highest BCUT2D eigenvalue weighted by atomic mass is 16.4. The van der Waals surface area contributed by atoms with Crippen LogP contribution in [0.4, 0.5) is 0 Å². The van der Waals surface area contributed by atoms with Gasteiger partial charge in [-0.3, -0.25) is 9.69 Å². The number of rotatable bonds is 6. The van der Waals surface area contributed by atoms with Gasteiger partial charge in [0.2, 0.25) is 0 Å². The molecular formula is C13H19NO2. The van der Waals surface area contributed by atoms with Crippen molar-refractivity contribution in [1.82, 2.24) is 4.90 Å². The van der Waals surface area contributed by atoms with Crippen molar-refractivity contribution in [2.24, 2.45) is 0 Å². The smallest absolute Gasteiger partial charge is 0.325 e. The fraction of sp³-hybridized carbons (Fsp3) is 0.462. The maximum Gasteiger partial charge on any atom is 0.325 e. The summed E-state index contributed by atoms with van der Waals surface area (Å²) in [5, 5.41) is 9.25. The predicted molar refractivity (Wildman–Crippen MR) is 64.4 cm³/mol. The molecule has 1 aromatic carbocycles. The molecule has 0 bridgehead atoms. The topological polar surface area (TPSA) is 40.5 Å². The number of aliphatic carboxylic acids is 1. The van der Waals surface area contributed by atoms with E-state index in [0.29, 0.717) is 0 Å². The van der Waals surface area contributed by atoms with E-state index >= 15 is 0 Å². The van der Waals surface area contributed by atoms with E-state index in [9.17, 15) is 9.90 Å². The summed E-state index contributed by atoms with van der Waals surface area (Å²) in [5.41, 5.74) is 0.841. The highest BCUT2D eigenvalue weighted by Crippen LogP contribution is 2.19. The van der Waals surface area contributed by atoms with E-state index in [0.717, 1.165) is 24.9 Å². The Morgan fingerprint density at radius 3 is 2.50 bits per heavy atom. The summed E-state index contributed by atoms with van der Waals surface area (Å²) in [6.07, 6.45) is 2.10. The van der Waals surface area contributed by atoms with Gasteiger partial charge in [-0.2, -0.15) is 0 Å². The first-order valence-corrected chi connectivity index (χ1v) is 5.64. The number of carboxylic acids is 1. The van der Waals surface area contributed by atoms with Gasteiger partial charge in [-0.25, -0.2) is 0 Å². The largest absolute Gasteiger partial charge is 0.480 e. The molecule has 0 radical (unpaired) electrons. The first kappa shape index (κ1) is 12.7. The van der Waals surface area contributed by atoms with E-state index < -0.39 is 12.0 Å². The van der Waals surface area contributed by atoms with Gasteiger partial charge >= 0.3 is 5.97 Å². The Balaban J connectivity index is 2.79. The minimum Gasteiger partial charge on any atom is -0.480 e. The van der Waals surface area contributed by atoms with E-state index in [1.165, 1.54) is 0 Å². The summed E-state index contributed by atoms with van der Waals surface area (Å²) in [7, 11) is 1.86. The lowest BCUT2D eigenvalue weighted by Crippen LogP contribution is -2.31. The van der Waals surface area contributed by atoms with Crippen LogP contribution in [0, 0.1) is 0 Å². The van der Waals surface area contributed by atoms with Gasteiger partial charge in [-0.15, -0.1) is 0 Å². The highest BCUT2D eigenvalue weighted by molar-refractivity contribution is 5.75. The molecule has 0 amide bonds. The van der Waals surface area contributed by atoms with Gasteiger partial charge in [0.1, 0.15) is 6.04 Å². The van der Waals surface area contributed by atoms with Crippen LogP contribution in [0.3, 0.4) is 0 Å². The van der Waals surface area contributed by atoms with Crippen LogP contribution < -0.4 is 0 Å². The van der Waals surface area contributed by atoms with Crippen molar-refractivity contribution >= 4 is 5.97 Å². The first-order valence-electron chi connectivity index (χ1n) is 5.64. The molecule has 0 aromatic heterocycles. The number of carbonyl (C=O) groups is 1. The van der Waals surface area contributed by atoms with Crippen LogP contribution in [0.2, 0.25) is 0 Å². The van der Waals surface area contributed by atoms with Gasteiger partial charge in [-0.1, -0.05) is 43.7 Å². The van der Waals surface area contributed by atoms with Crippen molar-refractivity contribution in [3.8, 4) is 0 Å². The molecule has 0 saturated heterocycles. The fourth-order valence-corrected chi connectivity index (χ4v) is 1.76. The van der Waals surface area contributed by atoms with Crippen molar-refractivity contribution < 1.29 is 9.90 Å². The number of hydrogen-bond acceptors (Lipinski definition) is 2. The lowest BCUT2D eigenvalue weighted by atomic mass is 10.1. The molecule has 0 unspecified atom stereocenters. The Morgan fingerprint density at radius 1 is 1.38 bits per heavy atom. The van der Waals surface area contributed by atoms with Crippen LogP contribution in [0.15, 0.2) is 30.3 Å². The molecule has 88 valence electrons. The molecule has 0 aliphatic heterocycles. The van der Waals surface area contributed by atoms with Gasteiger partial charge in [0.25, 0.3) is 0 Å². The maximum atomic E-state index is 11.3. The highest BCUT2D eigenvalue weighted by Gasteiger charge is 2.23. The van der Waals surface area contributed by atoms with Gasteiger partial charge in [0, 0.05) is 0 Å². The molecule has 3 nitrogen and oxygen atoms in total. The fourth-order valence-electron chi connectivity index (χ4n) is 1.76. The molecule has 1 N–H and O–H groups in total. The third-order valence-corrected chi connectivity index (χ3v) is 2.65. The summed E-state index contributed by atoms with van der Waals surface area (Å²) in [4.78, 5) is 13.2. The number of carboxylic acid groups (broad SMARTS) is 1. The number of unbranched alkanes of at least 4 members (excludes halogenated alkanes) is 1. The Hall–Kier alpha value is -1.35. The Labute approximate surface area is 96.7 Å². The zero-order chi connectivity index (χ0) is 12.0. The van der Waals surface area contributed by atoms with Crippen LogP contribution in [0.25, 0.3) is 0 Å². The summed E-state index contributed by atoms with van der Waals surface area (Å²) >= 11 is 0. The van der Waals surface area contributed by atoms with E-state index in [1.54, 1.807) is 0 Å². The van der Waals surface area contributed by atoms with Crippen LogP contribution in [0.1, 0.15) is 31.4 Å². The number of benzene rings is 1. The molecular weight excluding hydrogens is 202 g/mol. The normalized spacial score (nSPS) is 12.7. The molecule has 0 saturated carbocycles. The summed E-state index contributed by atoms with van der Waals surface area (Å²) in [6, 6.07) is 8.84. The third kappa shape index (κ3) is 3.35. The van der Waals surface area contributed by atoms with E-state index in [4.69, 9.17) is 0 Å². The molecule has 1 rings (SSSR count). The quantitative estimate of drug-likeness (QED) is 0.802. The monoisotopic (exact) mass is 221 g/mol. The van der Waals surface area contributed by atoms with Gasteiger partial charge in [0.05, 0.1) is 0 Å². The predicted octanol–water partition coefficient (Wildman–Crippen LogP) is 2.54. The number of hydrogen-bond donors (Lipinski definition) is 1. The second kappa shape index (κ2) is 6.28. The lowest BCUT2D eigenvalue weighted by Gasteiger charge is -2.24. The third-order valence-electron chi connectivity index (χ3n) is 2.65. The van der Waals surface area contributed by atoms with Gasteiger partial charge in [0.15, 0.2) is 0 Å². The molecule has 1 aromatic rings. The Morgan fingerprint density at radius 2 is 2.00 bits per heavy atom. The second-order valence-corrected chi connectivity index (χ2v) is 3.99. The molecule has 0 heterocycles. The molecule has 0 fully saturated rings. The zero-order valence-corrected chi connectivity index (χ0v) is 9.89. The standard InChI is InChI=1S/C13H19NO2/c1-3-4-10-14(2)12(13(15)16)11-8-6-5-7-9-11/h5-9,12H,3-4,10H2,1-2H3,(H,15,16)/t12-/m0/s1. The molecule has 0 aliphatic carbocycles. The van der Waals surface area contributed by atoms with Crippen molar-refractivity contribution in [3.05, 3.63) is 35.9 Å². The van der Waals surface area contributed by atoms with Gasteiger partial charge in [-0.05, 0) is 25.6 Å².